The third-order valence-electron chi connectivity index (χ3n) is 11.6. The maximum atomic E-state index is 6.90. The zero-order valence-corrected chi connectivity index (χ0v) is 22.7. The number of rotatable bonds is 10. The highest BCUT2D eigenvalue weighted by Gasteiger charge is 2.52. The molecule has 1 aromatic rings. The van der Waals surface area contributed by atoms with E-state index in [-0.39, 0.29) is 6.29 Å². The minimum atomic E-state index is -0.295. The van der Waals surface area contributed by atoms with Gasteiger partial charge in [-0.3, -0.25) is 0 Å². The van der Waals surface area contributed by atoms with Crippen molar-refractivity contribution in [1.82, 2.24) is 0 Å². The van der Waals surface area contributed by atoms with Crippen LogP contribution in [0, 0.1) is 46.8 Å². The second-order valence-electron chi connectivity index (χ2n) is 14.4. The van der Waals surface area contributed by atoms with Crippen molar-refractivity contribution in [2.75, 3.05) is 13.2 Å². The fourth-order valence-electron chi connectivity index (χ4n) is 10.5. The Balaban J connectivity index is 1.03. The average molecular weight is 493 g/mol. The molecule has 0 saturated heterocycles. The van der Waals surface area contributed by atoms with E-state index in [0.717, 1.165) is 60.2 Å². The molecule has 0 amide bonds. The van der Waals surface area contributed by atoms with E-state index in [1.165, 1.54) is 76.2 Å². The molecule has 9 rings (SSSR count). The van der Waals surface area contributed by atoms with Crippen LogP contribution in [0.1, 0.15) is 102 Å². The van der Waals surface area contributed by atoms with Gasteiger partial charge in [0, 0.05) is 0 Å². The van der Waals surface area contributed by atoms with Crippen LogP contribution in [0.15, 0.2) is 24.3 Å². The van der Waals surface area contributed by atoms with E-state index in [0.29, 0.717) is 24.0 Å². The Kier molecular flexibility index (Phi) is 6.40. The van der Waals surface area contributed by atoms with Crippen LogP contribution in [0.3, 0.4) is 0 Å². The van der Waals surface area contributed by atoms with Gasteiger partial charge in [0.2, 0.25) is 6.29 Å². The largest absolute Gasteiger partial charge is 0.462 e. The zero-order chi connectivity index (χ0) is 24.3. The van der Waals surface area contributed by atoms with Crippen molar-refractivity contribution >= 4 is 0 Å². The molecular weight excluding hydrogens is 444 g/mol. The standard InChI is InChI=1S/C33H48O3/c1-3-21(2)27-4-6-30(7-5-27)35-31(36-32-28-12-22-8-23(14-28)15-29(32)13-22)19-34-20-33-16-24-9-25(17-33)11-26(10-24)18-33/h4-7,21-26,28-29,31-32H,3,8-20H2,1-2H3. The maximum Gasteiger partial charge on any atom is 0.223 e. The summed E-state index contributed by atoms with van der Waals surface area (Å²) in [5.74, 6) is 7.84. The zero-order valence-electron chi connectivity index (χ0n) is 22.7. The van der Waals surface area contributed by atoms with Crippen LogP contribution in [-0.4, -0.2) is 25.6 Å². The van der Waals surface area contributed by atoms with Gasteiger partial charge in [-0.2, -0.15) is 0 Å². The molecule has 198 valence electrons. The third kappa shape index (κ3) is 4.66. The van der Waals surface area contributed by atoms with Crippen molar-refractivity contribution in [1.29, 1.82) is 0 Å². The highest BCUT2D eigenvalue weighted by molar-refractivity contribution is 5.29. The third-order valence-corrected chi connectivity index (χ3v) is 11.6. The van der Waals surface area contributed by atoms with E-state index in [4.69, 9.17) is 14.2 Å². The second kappa shape index (κ2) is 9.60. The van der Waals surface area contributed by atoms with Crippen LogP contribution in [0.5, 0.6) is 5.75 Å². The van der Waals surface area contributed by atoms with Gasteiger partial charge in [-0.05, 0) is 148 Å². The Hall–Kier alpha value is -1.06. The molecule has 2 atom stereocenters. The van der Waals surface area contributed by atoms with E-state index in [9.17, 15) is 0 Å². The first-order valence-electron chi connectivity index (χ1n) is 15.5. The summed E-state index contributed by atoms with van der Waals surface area (Å²) in [6, 6.07) is 8.76. The summed E-state index contributed by atoms with van der Waals surface area (Å²) in [7, 11) is 0. The van der Waals surface area contributed by atoms with E-state index >= 15 is 0 Å². The second-order valence-corrected chi connectivity index (χ2v) is 14.4. The summed E-state index contributed by atoms with van der Waals surface area (Å²) >= 11 is 0. The summed E-state index contributed by atoms with van der Waals surface area (Å²) in [6.07, 6.45) is 16.9. The summed E-state index contributed by atoms with van der Waals surface area (Å²) in [5, 5.41) is 0. The van der Waals surface area contributed by atoms with Crippen molar-refractivity contribution in [2.45, 2.75) is 109 Å². The molecule has 0 aliphatic heterocycles. The van der Waals surface area contributed by atoms with Gasteiger partial charge in [0.15, 0.2) is 0 Å². The lowest BCUT2D eigenvalue weighted by molar-refractivity contribution is -0.218. The van der Waals surface area contributed by atoms with Crippen molar-refractivity contribution in [3.8, 4) is 5.75 Å². The lowest BCUT2D eigenvalue weighted by Gasteiger charge is -2.56. The smallest absolute Gasteiger partial charge is 0.223 e. The molecular formula is C33H48O3. The van der Waals surface area contributed by atoms with Gasteiger partial charge in [-0.25, -0.2) is 0 Å². The van der Waals surface area contributed by atoms with Crippen LogP contribution < -0.4 is 4.74 Å². The van der Waals surface area contributed by atoms with Crippen LogP contribution >= 0.6 is 0 Å². The van der Waals surface area contributed by atoms with Gasteiger partial charge in [0.25, 0.3) is 0 Å². The Morgan fingerprint density at radius 1 is 0.778 bits per heavy atom. The molecule has 1 aromatic carbocycles. The van der Waals surface area contributed by atoms with Crippen molar-refractivity contribution < 1.29 is 14.2 Å². The molecule has 8 aliphatic rings. The number of ether oxygens (including phenoxy) is 3. The number of hydrogen-bond acceptors (Lipinski definition) is 3. The van der Waals surface area contributed by atoms with Gasteiger partial charge in [0.05, 0.1) is 12.7 Å². The van der Waals surface area contributed by atoms with Gasteiger partial charge >= 0.3 is 0 Å². The van der Waals surface area contributed by atoms with Crippen LogP contribution in [0.25, 0.3) is 0 Å². The summed E-state index contributed by atoms with van der Waals surface area (Å²) in [5.41, 5.74) is 1.83. The lowest BCUT2D eigenvalue weighted by Crippen LogP contribution is -2.51. The topological polar surface area (TPSA) is 27.7 Å². The van der Waals surface area contributed by atoms with Gasteiger partial charge in [-0.15, -0.1) is 0 Å². The predicted molar refractivity (Wildman–Crippen MR) is 143 cm³/mol. The van der Waals surface area contributed by atoms with E-state index < -0.39 is 0 Å². The van der Waals surface area contributed by atoms with E-state index in [2.05, 4.69) is 38.1 Å². The molecule has 0 spiro atoms. The number of benzene rings is 1. The molecule has 8 bridgehead atoms. The average Bonchev–Trinajstić information content (AvgIpc) is 2.84. The quantitative estimate of drug-likeness (QED) is 0.310. The first-order valence-corrected chi connectivity index (χ1v) is 15.5. The molecule has 8 fully saturated rings. The van der Waals surface area contributed by atoms with Crippen molar-refractivity contribution in [3.05, 3.63) is 29.8 Å². The highest BCUT2D eigenvalue weighted by atomic mass is 16.7. The fourth-order valence-corrected chi connectivity index (χ4v) is 10.5. The summed E-state index contributed by atoms with van der Waals surface area (Å²) in [4.78, 5) is 0. The molecule has 3 heteroatoms. The first-order chi connectivity index (χ1) is 17.5. The van der Waals surface area contributed by atoms with Crippen molar-refractivity contribution in [2.24, 2.45) is 46.8 Å². The molecule has 2 unspecified atom stereocenters. The predicted octanol–water partition coefficient (Wildman–Crippen LogP) is 7.98. The molecule has 0 N–H and O–H groups in total. The van der Waals surface area contributed by atoms with E-state index in [1.807, 2.05) is 0 Å². The SMILES string of the molecule is CCC(C)c1ccc(OC(COCC23CC4CC(CC(C4)C2)C3)OC2C3CC4CC(C3)CC2C4)cc1. The summed E-state index contributed by atoms with van der Waals surface area (Å²) < 4.78 is 20.0. The molecule has 0 heterocycles. The molecule has 8 aliphatic carbocycles. The maximum absolute atomic E-state index is 6.90. The molecule has 3 nitrogen and oxygen atoms in total. The number of hydrogen-bond donors (Lipinski definition) is 0. The minimum absolute atomic E-state index is 0.295. The molecule has 36 heavy (non-hydrogen) atoms. The normalized spacial score (nSPS) is 43.6. The summed E-state index contributed by atoms with van der Waals surface area (Å²) in [6.45, 7) is 6.03. The molecule has 8 saturated carbocycles. The Labute approximate surface area is 219 Å². The van der Waals surface area contributed by atoms with Gasteiger partial charge < -0.3 is 14.2 Å². The first kappa shape index (κ1) is 24.0. The van der Waals surface area contributed by atoms with Crippen LogP contribution in [0.4, 0.5) is 0 Å². The van der Waals surface area contributed by atoms with E-state index in [1.54, 1.807) is 0 Å². The Morgan fingerprint density at radius 3 is 1.89 bits per heavy atom. The van der Waals surface area contributed by atoms with Crippen molar-refractivity contribution in [3.63, 3.8) is 0 Å². The van der Waals surface area contributed by atoms with Crippen LogP contribution in [0.2, 0.25) is 0 Å². The lowest BCUT2D eigenvalue weighted by atomic mass is 9.50. The van der Waals surface area contributed by atoms with Gasteiger partial charge in [-0.1, -0.05) is 26.0 Å². The molecule has 0 radical (unpaired) electrons. The Morgan fingerprint density at radius 2 is 1.33 bits per heavy atom. The monoisotopic (exact) mass is 492 g/mol. The highest BCUT2D eigenvalue weighted by Crippen LogP contribution is 2.60. The fraction of sp³-hybridized carbons (Fsp3) is 0.818. The molecule has 0 aromatic heterocycles. The minimum Gasteiger partial charge on any atom is -0.462 e. The van der Waals surface area contributed by atoms with Gasteiger partial charge in [0.1, 0.15) is 12.4 Å². The Bertz CT molecular complexity index is 843. The van der Waals surface area contributed by atoms with Crippen LogP contribution in [-0.2, 0) is 9.47 Å².